The van der Waals surface area contributed by atoms with Gasteiger partial charge in [-0.15, -0.1) is 11.3 Å². The van der Waals surface area contributed by atoms with Crippen molar-refractivity contribution in [1.82, 2.24) is 15.6 Å². The average Bonchev–Trinajstić information content (AvgIpc) is 3.13. The first-order chi connectivity index (χ1) is 12.9. The first kappa shape index (κ1) is 21.0. The lowest BCUT2D eigenvalue weighted by molar-refractivity contribution is -0.154. The monoisotopic (exact) mass is 400 g/mol. The van der Waals surface area contributed by atoms with Gasteiger partial charge in [-0.1, -0.05) is 19.1 Å². The number of hydrogen-bond donors (Lipinski definition) is 2. The Kier molecular flexibility index (Phi) is 7.90. The van der Waals surface area contributed by atoms with E-state index in [9.17, 15) is 13.2 Å². The molecule has 0 aromatic carbocycles. The highest BCUT2D eigenvalue weighted by atomic mass is 32.1. The van der Waals surface area contributed by atoms with Gasteiger partial charge in [0, 0.05) is 37.3 Å². The first-order valence-electron chi connectivity index (χ1n) is 8.47. The topological polar surface area (TPSA) is 58.5 Å². The molecule has 0 aliphatic rings. The first-order valence-corrected chi connectivity index (χ1v) is 9.35. The third-order valence-corrected chi connectivity index (χ3v) is 4.51. The van der Waals surface area contributed by atoms with Gasteiger partial charge in [0.15, 0.2) is 12.6 Å². The molecule has 2 aromatic rings. The second-order valence-corrected chi connectivity index (χ2v) is 7.14. The lowest BCUT2D eigenvalue weighted by Gasteiger charge is -2.15. The van der Waals surface area contributed by atoms with Gasteiger partial charge in [0.2, 0.25) is 5.88 Å². The summed E-state index contributed by atoms with van der Waals surface area (Å²) in [5.74, 6) is 1.06. The van der Waals surface area contributed by atoms with E-state index in [-0.39, 0.29) is 5.88 Å². The third-order valence-electron chi connectivity index (χ3n) is 3.61. The second-order valence-electron chi connectivity index (χ2n) is 6.10. The van der Waals surface area contributed by atoms with Crippen molar-refractivity contribution < 1.29 is 17.9 Å². The molecule has 0 aliphatic heterocycles. The van der Waals surface area contributed by atoms with Gasteiger partial charge >= 0.3 is 6.18 Å². The van der Waals surface area contributed by atoms with Crippen molar-refractivity contribution >= 4 is 17.3 Å². The molecule has 0 aliphatic carbocycles. The minimum absolute atomic E-state index is 0.0546. The summed E-state index contributed by atoms with van der Waals surface area (Å²) >= 11 is 1.75. The van der Waals surface area contributed by atoms with Crippen LogP contribution in [0.1, 0.15) is 17.4 Å². The van der Waals surface area contributed by atoms with Crippen LogP contribution >= 0.6 is 11.3 Å². The van der Waals surface area contributed by atoms with Crippen molar-refractivity contribution in [2.45, 2.75) is 26.1 Å². The van der Waals surface area contributed by atoms with Crippen LogP contribution in [-0.2, 0) is 13.0 Å². The number of pyridine rings is 1. The number of aliphatic imine (C=N–C) groups is 1. The van der Waals surface area contributed by atoms with Crippen LogP contribution in [-0.4, -0.2) is 37.3 Å². The van der Waals surface area contributed by atoms with E-state index in [2.05, 4.69) is 43.7 Å². The molecule has 2 aromatic heterocycles. The van der Waals surface area contributed by atoms with Gasteiger partial charge in [-0.25, -0.2) is 4.98 Å². The molecule has 0 fully saturated rings. The van der Waals surface area contributed by atoms with E-state index in [1.807, 2.05) is 6.07 Å². The Morgan fingerprint density at radius 3 is 2.70 bits per heavy atom. The highest BCUT2D eigenvalue weighted by Crippen LogP contribution is 2.17. The Bertz CT molecular complexity index is 702. The Hall–Kier alpha value is -2.29. The minimum Gasteiger partial charge on any atom is -0.468 e. The summed E-state index contributed by atoms with van der Waals surface area (Å²) in [7, 11) is 1.69. The predicted octanol–water partition coefficient (Wildman–Crippen LogP) is 3.63. The smallest absolute Gasteiger partial charge is 0.422 e. The normalized spacial score (nSPS) is 13.3. The average molecular weight is 400 g/mol. The van der Waals surface area contributed by atoms with Crippen molar-refractivity contribution in [1.29, 1.82) is 0 Å². The van der Waals surface area contributed by atoms with Crippen LogP contribution in [0, 0.1) is 5.92 Å². The standard InChI is InChI=1S/C18H23F3N4OS/c1-13(8-15-4-3-7-27-15)9-24-17(22-2)25-11-14-5-6-16(23-10-14)26-12-18(19,20)21/h3-7,10,13H,8-9,11-12H2,1-2H3,(H2,22,24,25). The molecule has 5 nitrogen and oxygen atoms in total. The van der Waals surface area contributed by atoms with E-state index >= 15 is 0 Å². The van der Waals surface area contributed by atoms with Crippen LogP contribution < -0.4 is 15.4 Å². The SMILES string of the molecule is CN=C(NCc1ccc(OCC(F)(F)F)nc1)NCC(C)Cc1cccs1. The quantitative estimate of drug-likeness (QED) is 0.525. The summed E-state index contributed by atoms with van der Waals surface area (Å²) in [6.45, 7) is 2.05. The fourth-order valence-corrected chi connectivity index (χ4v) is 3.15. The lowest BCUT2D eigenvalue weighted by Crippen LogP contribution is -2.39. The van der Waals surface area contributed by atoms with Crippen LogP contribution in [0.2, 0.25) is 0 Å². The molecule has 27 heavy (non-hydrogen) atoms. The summed E-state index contributed by atoms with van der Waals surface area (Å²) in [4.78, 5) is 9.41. The molecule has 0 spiro atoms. The number of rotatable bonds is 8. The number of ether oxygens (including phenoxy) is 1. The van der Waals surface area contributed by atoms with Crippen LogP contribution in [0.3, 0.4) is 0 Å². The summed E-state index contributed by atoms with van der Waals surface area (Å²) in [6.07, 6.45) is -1.89. The molecule has 0 bridgehead atoms. The van der Waals surface area contributed by atoms with Gasteiger partial charge in [0.05, 0.1) is 0 Å². The predicted molar refractivity (Wildman–Crippen MR) is 101 cm³/mol. The summed E-state index contributed by atoms with van der Waals surface area (Å²) < 4.78 is 41.0. The molecule has 0 saturated carbocycles. The fraction of sp³-hybridized carbons (Fsp3) is 0.444. The number of thiophene rings is 1. The zero-order valence-electron chi connectivity index (χ0n) is 15.2. The van der Waals surface area contributed by atoms with Crippen molar-refractivity contribution in [2.75, 3.05) is 20.2 Å². The van der Waals surface area contributed by atoms with Crippen molar-refractivity contribution in [3.63, 3.8) is 0 Å². The third kappa shape index (κ3) is 8.29. The summed E-state index contributed by atoms with van der Waals surface area (Å²) in [6, 6.07) is 7.26. The Labute approximate surface area is 160 Å². The molecule has 2 rings (SSSR count). The van der Waals surface area contributed by atoms with E-state index in [1.54, 1.807) is 24.5 Å². The number of hydrogen-bond acceptors (Lipinski definition) is 4. The maximum absolute atomic E-state index is 12.1. The van der Waals surface area contributed by atoms with Crippen molar-refractivity contribution in [3.8, 4) is 5.88 Å². The molecule has 148 valence electrons. The number of nitrogens with one attached hydrogen (secondary N) is 2. The van der Waals surface area contributed by atoms with E-state index in [1.165, 1.54) is 17.1 Å². The van der Waals surface area contributed by atoms with Crippen molar-refractivity contribution in [3.05, 3.63) is 46.3 Å². The van der Waals surface area contributed by atoms with E-state index in [0.717, 1.165) is 18.5 Å². The van der Waals surface area contributed by atoms with Gasteiger partial charge in [0.25, 0.3) is 0 Å². The zero-order valence-corrected chi connectivity index (χ0v) is 16.0. The molecule has 0 amide bonds. The molecule has 1 unspecified atom stereocenters. The maximum atomic E-state index is 12.1. The van der Waals surface area contributed by atoms with Gasteiger partial charge in [-0.3, -0.25) is 4.99 Å². The van der Waals surface area contributed by atoms with Crippen molar-refractivity contribution in [2.24, 2.45) is 10.9 Å². The zero-order chi connectivity index (χ0) is 19.7. The molecule has 2 N–H and O–H groups in total. The molecule has 0 saturated heterocycles. The van der Waals surface area contributed by atoms with E-state index in [4.69, 9.17) is 0 Å². The maximum Gasteiger partial charge on any atom is 0.422 e. The molecule has 9 heteroatoms. The molecule has 0 radical (unpaired) electrons. The second kappa shape index (κ2) is 10.1. The van der Waals surface area contributed by atoms with Crippen LogP contribution in [0.15, 0.2) is 40.8 Å². The number of aromatic nitrogens is 1. The summed E-state index contributed by atoms with van der Waals surface area (Å²) in [5.41, 5.74) is 0.809. The highest BCUT2D eigenvalue weighted by Gasteiger charge is 2.28. The van der Waals surface area contributed by atoms with Crippen LogP contribution in [0.4, 0.5) is 13.2 Å². The number of alkyl halides is 3. The number of guanidine groups is 1. The van der Waals surface area contributed by atoms with Gasteiger partial charge in [-0.2, -0.15) is 13.2 Å². The Balaban J connectivity index is 1.73. The van der Waals surface area contributed by atoms with Crippen LogP contribution in [0.5, 0.6) is 5.88 Å². The Morgan fingerprint density at radius 2 is 2.11 bits per heavy atom. The van der Waals surface area contributed by atoms with E-state index < -0.39 is 12.8 Å². The van der Waals surface area contributed by atoms with Gasteiger partial charge < -0.3 is 15.4 Å². The van der Waals surface area contributed by atoms with Crippen LogP contribution in [0.25, 0.3) is 0 Å². The largest absolute Gasteiger partial charge is 0.468 e. The Morgan fingerprint density at radius 1 is 1.30 bits per heavy atom. The van der Waals surface area contributed by atoms with Gasteiger partial charge in [0.1, 0.15) is 0 Å². The molecule has 1 atom stereocenters. The number of halogens is 3. The fourth-order valence-electron chi connectivity index (χ4n) is 2.28. The van der Waals surface area contributed by atoms with Gasteiger partial charge in [-0.05, 0) is 29.3 Å². The highest BCUT2D eigenvalue weighted by molar-refractivity contribution is 7.09. The lowest BCUT2D eigenvalue weighted by atomic mass is 10.1. The molecule has 2 heterocycles. The van der Waals surface area contributed by atoms with E-state index in [0.29, 0.717) is 18.4 Å². The summed E-state index contributed by atoms with van der Waals surface area (Å²) in [5, 5.41) is 8.50. The molecular weight excluding hydrogens is 377 g/mol. The minimum atomic E-state index is -4.37. The molecular formula is C18H23F3N4OS. The number of nitrogens with zero attached hydrogens (tertiary/aromatic N) is 2.